The van der Waals surface area contributed by atoms with Crippen LogP contribution in [0.15, 0.2) is 53.5 Å². The Balaban J connectivity index is 1.25. The number of nitrogens with one attached hydrogen (secondary N) is 2. The number of aliphatic imine (C=N–C) groups is 1. The van der Waals surface area contributed by atoms with Gasteiger partial charge in [-0.3, -0.25) is 14.7 Å². The van der Waals surface area contributed by atoms with Gasteiger partial charge in [-0.2, -0.15) is 0 Å². The first-order chi connectivity index (χ1) is 15.7. The summed E-state index contributed by atoms with van der Waals surface area (Å²) in [6, 6.07) is 16.9. The Labute approximate surface area is 190 Å². The molecule has 2 saturated heterocycles. The zero-order valence-corrected chi connectivity index (χ0v) is 18.8. The number of morpholine rings is 1. The smallest absolute Gasteiger partial charge is 0.227 e. The van der Waals surface area contributed by atoms with E-state index >= 15 is 0 Å². The van der Waals surface area contributed by atoms with Gasteiger partial charge in [-0.1, -0.05) is 36.4 Å². The van der Waals surface area contributed by atoms with Crippen molar-refractivity contribution in [2.45, 2.75) is 32.5 Å². The summed E-state index contributed by atoms with van der Waals surface area (Å²) in [5.41, 5.74) is 4.69. The van der Waals surface area contributed by atoms with Crippen molar-refractivity contribution in [2.75, 3.05) is 44.8 Å². The molecule has 0 saturated carbocycles. The number of amides is 1. The van der Waals surface area contributed by atoms with Crippen molar-refractivity contribution < 1.29 is 9.53 Å². The third kappa shape index (κ3) is 6.08. The van der Waals surface area contributed by atoms with Gasteiger partial charge in [-0.05, 0) is 35.2 Å². The van der Waals surface area contributed by atoms with Gasteiger partial charge in [0.25, 0.3) is 0 Å². The van der Waals surface area contributed by atoms with Crippen LogP contribution in [0, 0.1) is 0 Å². The summed E-state index contributed by atoms with van der Waals surface area (Å²) >= 11 is 0. The topological polar surface area (TPSA) is 69.2 Å². The summed E-state index contributed by atoms with van der Waals surface area (Å²) < 4.78 is 5.44. The Kier molecular flexibility index (Phi) is 7.74. The first-order valence-electron chi connectivity index (χ1n) is 11.4. The number of carbonyl (C=O) groups is 1. The van der Waals surface area contributed by atoms with Crippen LogP contribution >= 0.6 is 0 Å². The second-order valence-electron chi connectivity index (χ2n) is 8.30. The number of carbonyl (C=O) groups excluding carboxylic acids is 1. The molecule has 2 aliphatic heterocycles. The van der Waals surface area contributed by atoms with E-state index in [0.29, 0.717) is 19.5 Å². The van der Waals surface area contributed by atoms with Gasteiger partial charge in [-0.25, -0.2) is 0 Å². The normalized spacial score (nSPS) is 17.6. The largest absolute Gasteiger partial charge is 0.379 e. The molecule has 0 aliphatic carbocycles. The van der Waals surface area contributed by atoms with Crippen molar-refractivity contribution >= 4 is 17.6 Å². The van der Waals surface area contributed by atoms with Crippen LogP contribution in [-0.2, 0) is 29.2 Å². The van der Waals surface area contributed by atoms with Crippen molar-refractivity contribution in [2.24, 2.45) is 4.99 Å². The third-order valence-electron chi connectivity index (χ3n) is 5.97. The molecule has 0 aromatic heterocycles. The SMILES string of the molecule is CN=C(NCc1ccc(N2CCCC2=O)cc1)NCc1cccc(CN2CCOCC2)c1. The molecule has 0 radical (unpaired) electrons. The van der Waals surface area contributed by atoms with Gasteiger partial charge in [0, 0.05) is 58.4 Å². The number of rotatable bonds is 7. The minimum Gasteiger partial charge on any atom is -0.379 e. The van der Waals surface area contributed by atoms with E-state index < -0.39 is 0 Å². The number of hydrogen-bond donors (Lipinski definition) is 2. The molecule has 2 aromatic carbocycles. The van der Waals surface area contributed by atoms with Gasteiger partial charge in [0.2, 0.25) is 5.91 Å². The first-order valence-corrected chi connectivity index (χ1v) is 11.4. The van der Waals surface area contributed by atoms with Crippen molar-refractivity contribution in [3.05, 3.63) is 65.2 Å². The predicted molar refractivity (Wildman–Crippen MR) is 128 cm³/mol. The van der Waals surface area contributed by atoms with Crippen LogP contribution in [-0.4, -0.2) is 56.7 Å². The number of benzene rings is 2. The molecule has 2 fully saturated rings. The highest BCUT2D eigenvalue weighted by atomic mass is 16.5. The van der Waals surface area contributed by atoms with E-state index in [0.717, 1.165) is 63.0 Å². The average Bonchev–Trinajstić information content (AvgIpc) is 3.26. The molecule has 2 aromatic rings. The molecule has 7 nitrogen and oxygen atoms in total. The maximum Gasteiger partial charge on any atom is 0.227 e. The third-order valence-corrected chi connectivity index (χ3v) is 5.97. The lowest BCUT2D eigenvalue weighted by molar-refractivity contribution is -0.117. The van der Waals surface area contributed by atoms with Crippen LogP contribution in [0.4, 0.5) is 5.69 Å². The lowest BCUT2D eigenvalue weighted by Gasteiger charge is -2.26. The minimum atomic E-state index is 0.217. The zero-order chi connectivity index (χ0) is 22.2. The van der Waals surface area contributed by atoms with Gasteiger partial charge >= 0.3 is 0 Å². The van der Waals surface area contributed by atoms with Crippen molar-refractivity contribution in [3.63, 3.8) is 0 Å². The van der Waals surface area contributed by atoms with Crippen LogP contribution in [0.2, 0.25) is 0 Å². The van der Waals surface area contributed by atoms with Crippen LogP contribution < -0.4 is 15.5 Å². The molecule has 2 aliphatic rings. The molecule has 0 bridgehead atoms. The van der Waals surface area contributed by atoms with E-state index in [4.69, 9.17) is 4.74 Å². The Morgan fingerprint density at radius 2 is 1.69 bits per heavy atom. The summed E-state index contributed by atoms with van der Waals surface area (Å²) in [6.45, 7) is 6.80. The van der Waals surface area contributed by atoms with Crippen LogP contribution in [0.3, 0.4) is 0 Å². The fraction of sp³-hybridized carbons (Fsp3) is 0.440. The number of nitrogens with zero attached hydrogens (tertiary/aromatic N) is 3. The predicted octanol–water partition coefficient (Wildman–Crippen LogP) is 2.51. The lowest BCUT2D eigenvalue weighted by Crippen LogP contribution is -2.36. The van der Waals surface area contributed by atoms with Gasteiger partial charge in [0.1, 0.15) is 0 Å². The van der Waals surface area contributed by atoms with Gasteiger partial charge in [-0.15, -0.1) is 0 Å². The number of hydrogen-bond acceptors (Lipinski definition) is 4. The second kappa shape index (κ2) is 11.1. The van der Waals surface area contributed by atoms with Gasteiger partial charge < -0.3 is 20.3 Å². The standard InChI is InChI=1S/C25H33N5O2/c1-26-25(27-17-20-7-9-23(10-8-20)30-11-3-6-24(30)31)28-18-21-4-2-5-22(16-21)19-29-12-14-32-15-13-29/h2,4-5,7-10,16H,3,6,11-15,17-19H2,1H3,(H2,26,27,28). The Morgan fingerprint density at radius 1 is 0.969 bits per heavy atom. The zero-order valence-electron chi connectivity index (χ0n) is 18.8. The summed E-state index contributed by atoms with van der Waals surface area (Å²) in [6.07, 6.45) is 1.60. The number of anilines is 1. The molecule has 4 rings (SSSR count). The maximum absolute atomic E-state index is 11.9. The van der Waals surface area contributed by atoms with E-state index in [1.807, 2.05) is 17.0 Å². The number of guanidine groups is 1. The van der Waals surface area contributed by atoms with E-state index in [1.54, 1.807) is 7.05 Å². The molecule has 0 spiro atoms. The quantitative estimate of drug-likeness (QED) is 0.517. The molecule has 2 N–H and O–H groups in total. The van der Waals surface area contributed by atoms with Crippen molar-refractivity contribution in [1.82, 2.24) is 15.5 Å². The highest BCUT2D eigenvalue weighted by Crippen LogP contribution is 2.21. The van der Waals surface area contributed by atoms with Gasteiger partial charge in [0.15, 0.2) is 5.96 Å². The summed E-state index contributed by atoms with van der Waals surface area (Å²) in [7, 11) is 1.78. The average molecular weight is 436 g/mol. The van der Waals surface area contributed by atoms with Crippen LogP contribution in [0.1, 0.15) is 29.5 Å². The molecular formula is C25H33N5O2. The summed E-state index contributed by atoms with van der Waals surface area (Å²) in [5.74, 6) is 0.983. The van der Waals surface area contributed by atoms with Crippen LogP contribution in [0.5, 0.6) is 0 Å². The summed E-state index contributed by atoms with van der Waals surface area (Å²) in [4.78, 5) is 20.5. The van der Waals surface area contributed by atoms with E-state index in [-0.39, 0.29) is 5.91 Å². The Bertz CT molecular complexity index is 922. The first kappa shape index (κ1) is 22.3. The molecule has 2 heterocycles. The fourth-order valence-corrected chi connectivity index (χ4v) is 4.16. The Hall–Kier alpha value is -2.90. The second-order valence-corrected chi connectivity index (χ2v) is 8.30. The number of ether oxygens (including phenoxy) is 1. The molecule has 0 atom stereocenters. The van der Waals surface area contributed by atoms with Crippen LogP contribution in [0.25, 0.3) is 0 Å². The lowest BCUT2D eigenvalue weighted by atomic mass is 10.1. The molecule has 32 heavy (non-hydrogen) atoms. The maximum atomic E-state index is 11.9. The molecule has 1 amide bonds. The minimum absolute atomic E-state index is 0.217. The molecular weight excluding hydrogens is 402 g/mol. The molecule has 170 valence electrons. The highest BCUT2D eigenvalue weighted by Gasteiger charge is 2.21. The molecule has 0 unspecified atom stereocenters. The molecule has 7 heteroatoms. The summed E-state index contributed by atoms with van der Waals surface area (Å²) in [5, 5.41) is 6.77. The fourth-order valence-electron chi connectivity index (χ4n) is 4.16. The van der Waals surface area contributed by atoms with Gasteiger partial charge in [0.05, 0.1) is 13.2 Å². The Morgan fingerprint density at radius 3 is 2.38 bits per heavy atom. The van der Waals surface area contributed by atoms with Crippen molar-refractivity contribution in [1.29, 1.82) is 0 Å². The van der Waals surface area contributed by atoms with E-state index in [1.165, 1.54) is 11.1 Å². The monoisotopic (exact) mass is 435 g/mol. The van der Waals surface area contributed by atoms with E-state index in [9.17, 15) is 4.79 Å². The highest BCUT2D eigenvalue weighted by molar-refractivity contribution is 5.95. The van der Waals surface area contributed by atoms with E-state index in [2.05, 4.69) is 56.9 Å². The van der Waals surface area contributed by atoms with Crippen molar-refractivity contribution in [3.8, 4) is 0 Å².